The van der Waals surface area contributed by atoms with Gasteiger partial charge in [-0.15, -0.1) is 0 Å². The molecule has 2 heterocycles. The molecule has 0 saturated heterocycles. The second-order valence-electron chi connectivity index (χ2n) is 12.9. The second kappa shape index (κ2) is 15.9. The van der Waals surface area contributed by atoms with Crippen LogP contribution in [0, 0.1) is 0 Å². The van der Waals surface area contributed by atoms with E-state index in [9.17, 15) is 4.79 Å². The van der Waals surface area contributed by atoms with Crippen LogP contribution < -0.4 is 30.5 Å². The van der Waals surface area contributed by atoms with Gasteiger partial charge < -0.3 is 30.3 Å². The van der Waals surface area contributed by atoms with E-state index in [1.165, 1.54) is 4.90 Å². The van der Waals surface area contributed by atoms with Gasteiger partial charge in [-0.3, -0.25) is 4.90 Å². The summed E-state index contributed by atoms with van der Waals surface area (Å²) in [6, 6.07) is 37.7. The van der Waals surface area contributed by atoms with Gasteiger partial charge in [-0.05, 0) is 62.2 Å². The summed E-state index contributed by atoms with van der Waals surface area (Å²) in [5.74, 6) is 3.10. The third-order valence-corrected chi connectivity index (χ3v) is 7.72. The van der Waals surface area contributed by atoms with Crippen molar-refractivity contribution in [1.82, 2.24) is 15.3 Å². The number of guanidine groups is 1. The number of benzene rings is 4. The number of ether oxygens (including phenoxy) is 2. The van der Waals surface area contributed by atoms with Crippen LogP contribution in [0.25, 0.3) is 0 Å². The maximum Gasteiger partial charge on any atom is 0.414 e. The van der Waals surface area contributed by atoms with Crippen LogP contribution in [-0.4, -0.2) is 41.2 Å². The monoisotopic (exact) mass is 682 g/mol. The molecular formula is C40H42N8O3. The van der Waals surface area contributed by atoms with E-state index in [0.717, 1.165) is 16.9 Å². The highest BCUT2D eigenvalue weighted by molar-refractivity contribution is 6.01. The van der Waals surface area contributed by atoms with E-state index in [1.807, 2.05) is 112 Å². The van der Waals surface area contributed by atoms with E-state index in [4.69, 9.17) is 19.5 Å². The molecule has 0 radical (unpaired) electrons. The van der Waals surface area contributed by atoms with Crippen molar-refractivity contribution in [3.8, 4) is 5.75 Å². The van der Waals surface area contributed by atoms with Crippen molar-refractivity contribution in [2.45, 2.75) is 39.5 Å². The minimum atomic E-state index is -0.621. The third kappa shape index (κ3) is 9.63. The molecule has 11 heteroatoms. The number of hydrogen-bond donors (Lipinski definition) is 3. The summed E-state index contributed by atoms with van der Waals surface area (Å²) in [5, 5.41) is 10.2. The van der Waals surface area contributed by atoms with Gasteiger partial charge in [-0.1, -0.05) is 84.9 Å². The van der Waals surface area contributed by atoms with Crippen molar-refractivity contribution < 1.29 is 14.3 Å². The number of anilines is 5. The molecule has 1 aliphatic heterocycles. The van der Waals surface area contributed by atoms with Gasteiger partial charge in [0.05, 0.1) is 0 Å². The Morgan fingerprint density at radius 1 is 0.824 bits per heavy atom. The normalized spacial score (nSPS) is 12.5. The standard InChI is InChI=1S/C40H42N8O3/c1-40(2,3)51-39(49)47(4)32-20-14-19-31(23-32)45-36-35(46-38-41-24-34(25-42-38)50-33-21-12-7-13-22-33)37(44-28-43-36)48(26-29-15-8-5-9-16-29)27-30-17-10-6-11-18-30/h5-24,28H,25-27H2,1-4H3,(H2,41,42,46)(H,43,44,45). The van der Waals surface area contributed by atoms with Gasteiger partial charge in [-0.2, -0.15) is 0 Å². The molecule has 0 saturated carbocycles. The topological polar surface area (TPSA) is 116 Å². The molecule has 0 fully saturated rings. The smallest absolute Gasteiger partial charge is 0.414 e. The van der Waals surface area contributed by atoms with Gasteiger partial charge in [0.1, 0.15) is 35.7 Å². The molecule has 51 heavy (non-hydrogen) atoms. The second-order valence-corrected chi connectivity index (χ2v) is 12.9. The maximum absolute atomic E-state index is 12.9. The van der Waals surface area contributed by atoms with Crippen LogP contribution in [0.1, 0.15) is 31.9 Å². The van der Waals surface area contributed by atoms with Gasteiger partial charge >= 0.3 is 6.09 Å². The number of rotatable bonds is 11. The van der Waals surface area contributed by atoms with Crippen LogP contribution >= 0.6 is 0 Å². The number of aromatic nitrogens is 2. The van der Waals surface area contributed by atoms with Crippen molar-refractivity contribution in [2.24, 2.45) is 4.99 Å². The summed E-state index contributed by atoms with van der Waals surface area (Å²) < 4.78 is 11.6. The molecule has 0 spiro atoms. The molecule has 5 aromatic rings. The number of carbonyl (C=O) groups is 1. The molecule has 260 valence electrons. The van der Waals surface area contributed by atoms with E-state index in [2.05, 4.69) is 50.1 Å². The lowest BCUT2D eigenvalue weighted by atomic mass is 10.1. The summed E-state index contributed by atoms with van der Waals surface area (Å²) >= 11 is 0. The number of hydrogen-bond acceptors (Lipinski definition) is 10. The largest absolute Gasteiger partial charge is 0.458 e. The zero-order valence-electron chi connectivity index (χ0n) is 29.2. The molecule has 1 aromatic heterocycles. The van der Waals surface area contributed by atoms with E-state index >= 15 is 0 Å². The van der Waals surface area contributed by atoms with Crippen LogP contribution in [0.2, 0.25) is 0 Å². The molecule has 3 N–H and O–H groups in total. The van der Waals surface area contributed by atoms with Crippen molar-refractivity contribution in [3.05, 3.63) is 145 Å². The van der Waals surface area contributed by atoms with E-state index in [1.54, 1.807) is 19.6 Å². The highest BCUT2D eigenvalue weighted by Gasteiger charge is 2.23. The highest BCUT2D eigenvalue weighted by atomic mass is 16.6. The summed E-state index contributed by atoms with van der Waals surface area (Å²) in [6.45, 7) is 7.03. The summed E-state index contributed by atoms with van der Waals surface area (Å²) in [4.78, 5) is 30.8. The number of amides is 1. The van der Waals surface area contributed by atoms with Gasteiger partial charge in [0.25, 0.3) is 0 Å². The fourth-order valence-electron chi connectivity index (χ4n) is 5.30. The zero-order valence-corrected chi connectivity index (χ0v) is 29.2. The lowest BCUT2D eigenvalue weighted by Crippen LogP contribution is -2.34. The van der Waals surface area contributed by atoms with Crippen LogP contribution in [0.5, 0.6) is 5.75 Å². The lowest BCUT2D eigenvalue weighted by Gasteiger charge is -2.28. The van der Waals surface area contributed by atoms with Crippen molar-refractivity contribution in [2.75, 3.05) is 34.0 Å². The Morgan fingerprint density at radius 3 is 2.08 bits per heavy atom. The lowest BCUT2D eigenvalue weighted by molar-refractivity contribution is 0.0589. The fraction of sp³-hybridized carbons (Fsp3) is 0.200. The van der Waals surface area contributed by atoms with Crippen LogP contribution in [-0.2, 0) is 17.8 Å². The first-order chi connectivity index (χ1) is 24.7. The zero-order chi connectivity index (χ0) is 35.6. The summed E-state index contributed by atoms with van der Waals surface area (Å²) in [7, 11) is 1.68. The van der Waals surface area contributed by atoms with Crippen LogP contribution in [0.15, 0.2) is 139 Å². The minimum Gasteiger partial charge on any atom is -0.458 e. The molecule has 1 aliphatic rings. The number of nitrogens with one attached hydrogen (secondary N) is 3. The fourth-order valence-corrected chi connectivity index (χ4v) is 5.30. The van der Waals surface area contributed by atoms with Crippen molar-refractivity contribution in [3.63, 3.8) is 0 Å². The summed E-state index contributed by atoms with van der Waals surface area (Å²) in [5.41, 5.74) is 3.62. The Balaban J connectivity index is 1.33. The number of para-hydroxylation sites is 1. The Labute approximate surface area is 298 Å². The van der Waals surface area contributed by atoms with E-state index in [0.29, 0.717) is 60.1 Å². The number of carbonyl (C=O) groups excluding carboxylic acids is 1. The molecular weight excluding hydrogens is 640 g/mol. The van der Waals surface area contributed by atoms with Gasteiger partial charge in [0.2, 0.25) is 5.96 Å². The number of nitrogens with zero attached hydrogens (tertiary/aromatic N) is 5. The first kappa shape index (κ1) is 34.5. The van der Waals surface area contributed by atoms with Crippen molar-refractivity contribution in [1.29, 1.82) is 0 Å². The van der Waals surface area contributed by atoms with E-state index in [-0.39, 0.29) is 0 Å². The van der Waals surface area contributed by atoms with Crippen LogP contribution in [0.3, 0.4) is 0 Å². The predicted molar refractivity (Wildman–Crippen MR) is 203 cm³/mol. The minimum absolute atomic E-state index is 0.326. The molecule has 11 nitrogen and oxygen atoms in total. The summed E-state index contributed by atoms with van der Waals surface area (Å²) in [6.07, 6.45) is 2.89. The molecule has 0 atom stereocenters. The predicted octanol–water partition coefficient (Wildman–Crippen LogP) is 8.09. The first-order valence-electron chi connectivity index (χ1n) is 16.7. The quantitative estimate of drug-likeness (QED) is 0.127. The van der Waals surface area contributed by atoms with Crippen molar-refractivity contribution >= 4 is 40.8 Å². The first-order valence-corrected chi connectivity index (χ1v) is 16.7. The molecule has 0 aliphatic carbocycles. The Bertz CT molecular complexity index is 1940. The average molecular weight is 683 g/mol. The van der Waals surface area contributed by atoms with Crippen LogP contribution in [0.4, 0.5) is 33.5 Å². The molecule has 4 aromatic carbocycles. The Hall–Kier alpha value is -6.36. The number of aliphatic imine (C=N–C) groups is 1. The van der Waals surface area contributed by atoms with Gasteiger partial charge in [-0.25, -0.2) is 19.8 Å². The highest BCUT2D eigenvalue weighted by Crippen LogP contribution is 2.34. The Kier molecular flexibility index (Phi) is 10.8. The third-order valence-electron chi connectivity index (χ3n) is 7.72. The Morgan fingerprint density at radius 2 is 1.47 bits per heavy atom. The maximum atomic E-state index is 12.9. The average Bonchev–Trinajstić information content (AvgIpc) is 3.13. The molecule has 0 unspecified atom stereocenters. The molecule has 6 rings (SSSR count). The van der Waals surface area contributed by atoms with Gasteiger partial charge in [0.15, 0.2) is 11.6 Å². The molecule has 1 amide bonds. The molecule has 0 bridgehead atoms. The van der Waals surface area contributed by atoms with Gasteiger partial charge in [0, 0.05) is 37.7 Å². The van der Waals surface area contributed by atoms with E-state index < -0.39 is 11.7 Å². The SMILES string of the molecule is CN(C(=O)OC(C)(C)C)c1cccc(Nc2ncnc(N(Cc3ccccc3)Cc3ccccc3)c2NC2=NCC(Oc3ccccc3)=CN2)c1.